The topological polar surface area (TPSA) is 275 Å². The van der Waals surface area contributed by atoms with Gasteiger partial charge < -0.3 is 71.1 Å². The molecule has 10 aromatic carbocycles. The van der Waals surface area contributed by atoms with Crippen LogP contribution in [-0.4, -0.2) is 114 Å². The molecule has 0 bridgehead atoms. The molecule has 10 aromatic rings. The Kier molecular flexibility index (Phi) is 40.2. The van der Waals surface area contributed by atoms with Crippen LogP contribution in [0.5, 0.6) is 69.0 Å². The Morgan fingerprint density at radius 3 is 0.648 bits per heavy atom. The molecule has 0 amide bonds. The summed E-state index contributed by atoms with van der Waals surface area (Å²) in [6.45, 7) is 7.90. The molecule has 0 saturated carbocycles. The van der Waals surface area contributed by atoms with Crippen LogP contribution in [-0.2, 0) is 14.2 Å². The van der Waals surface area contributed by atoms with Crippen LogP contribution in [0.4, 0.5) is 0 Å². The summed E-state index contributed by atoms with van der Waals surface area (Å²) in [4.78, 5) is 105. The lowest BCUT2D eigenvalue weighted by molar-refractivity contribution is 0.00499. The van der Waals surface area contributed by atoms with E-state index in [1.54, 1.807) is 84.9 Å². The summed E-state index contributed by atoms with van der Waals surface area (Å²) in [6.07, 6.45) is 24.5. The van der Waals surface area contributed by atoms with Gasteiger partial charge in [0.1, 0.15) is 82.2 Å². The van der Waals surface area contributed by atoms with Crippen molar-refractivity contribution in [2.75, 3.05) is 66.1 Å². The monoisotopic (exact) mass is 1740 g/mol. The zero-order chi connectivity index (χ0) is 88.0. The summed E-state index contributed by atoms with van der Waals surface area (Å²) < 4.78 is 84.5. The van der Waals surface area contributed by atoms with Crippen LogP contribution < -0.4 is 56.8 Å². The molecule has 0 aliphatic rings. The second kappa shape index (κ2) is 52.9. The van der Waals surface area contributed by atoms with Gasteiger partial charge in [-0.25, -0.2) is 38.4 Å². The molecule has 0 radical (unpaired) electrons. The standard InChI is InChI=1S/C100H104Cl2O23/c1-3-5-7-9-11-13-15-17-19-21-57-116-91-55-53-87(69-89(91)101)124-97(107)73-33-29-71(30-34-73)95(105)120-83-25-23-27-85(67-83)122-99(109)77-41-49-81(50-42-77)118-93(103)75-37-45-79(46-38-75)114-65-63-112-61-59-111-60-62-113-64-66-115-80-47-39-76(40-48-80)94(104)119-82-51-43-78(44-52-82)100(110)123-86-28-24-26-84(68-86)121-96(106)72-31-35-74(36-32-72)98(108)125-88-54-56-92(90(102)70-88)117-58-22-20-18-16-14-12-10-8-6-4-2/h23-56,67-70H,3-22,57-66H2,1-2H3. The van der Waals surface area contributed by atoms with E-state index in [-0.39, 0.29) is 117 Å². The number of halogens is 2. The van der Waals surface area contributed by atoms with Crippen molar-refractivity contribution in [2.45, 2.75) is 142 Å². The molecule has 10 rings (SSSR count). The van der Waals surface area contributed by atoms with E-state index in [0.717, 1.165) is 25.7 Å². The van der Waals surface area contributed by atoms with Gasteiger partial charge in [0.15, 0.2) is 0 Å². The molecule has 0 spiro atoms. The van der Waals surface area contributed by atoms with Crippen LogP contribution in [0.1, 0.15) is 225 Å². The van der Waals surface area contributed by atoms with E-state index >= 15 is 0 Å². The van der Waals surface area contributed by atoms with Gasteiger partial charge in [0.05, 0.1) is 107 Å². The maximum atomic E-state index is 13.1. The molecule has 0 fully saturated rings. The summed E-state index contributed by atoms with van der Waals surface area (Å²) in [7, 11) is 0. The molecule has 0 aromatic heterocycles. The molecule has 0 atom stereocenters. The number of rotatable bonds is 54. The Bertz CT molecular complexity index is 4740. The lowest BCUT2D eigenvalue weighted by atomic mass is 10.1. The van der Waals surface area contributed by atoms with Crippen molar-refractivity contribution in [3.05, 3.63) is 285 Å². The summed E-state index contributed by atoms with van der Waals surface area (Å²) in [5, 5.41) is 0.648. The number of ether oxygens (including phenoxy) is 15. The fraction of sp³-hybridized carbons (Fsp3) is 0.320. The van der Waals surface area contributed by atoms with Crippen LogP contribution in [0.2, 0.25) is 10.0 Å². The number of hydrogen-bond acceptors (Lipinski definition) is 23. The van der Waals surface area contributed by atoms with Gasteiger partial charge in [-0.1, -0.05) is 165 Å². The number of benzene rings is 10. The van der Waals surface area contributed by atoms with Crippen molar-refractivity contribution in [1.29, 1.82) is 0 Å². The first-order chi connectivity index (χ1) is 61.0. The van der Waals surface area contributed by atoms with Crippen molar-refractivity contribution in [3.63, 3.8) is 0 Å². The van der Waals surface area contributed by atoms with Gasteiger partial charge in [0.2, 0.25) is 0 Å². The molecule has 0 saturated heterocycles. The molecule has 0 aliphatic carbocycles. The van der Waals surface area contributed by atoms with E-state index in [9.17, 15) is 38.4 Å². The first kappa shape index (κ1) is 94.9. The van der Waals surface area contributed by atoms with Crippen LogP contribution in [0.3, 0.4) is 0 Å². The molecular weight excluding hydrogens is 1640 g/mol. The van der Waals surface area contributed by atoms with Gasteiger partial charge in [-0.05, 0) is 207 Å². The first-order valence-electron chi connectivity index (χ1n) is 42.4. The van der Waals surface area contributed by atoms with Gasteiger partial charge in [0, 0.05) is 24.3 Å². The van der Waals surface area contributed by atoms with Crippen LogP contribution >= 0.6 is 23.2 Å². The minimum absolute atomic E-state index is 0.0998. The van der Waals surface area contributed by atoms with Crippen molar-refractivity contribution in [2.24, 2.45) is 0 Å². The highest BCUT2D eigenvalue weighted by Gasteiger charge is 2.21. The Labute approximate surface area is 738 Å². The SMILES string of the molecule is CCCCCCCCCCCCOc1ccc(OC(=O)c2ccc(C(=O)Oc3cccc(OC(=O)c4ccc(OC(=O)c5ccc(OCCOCCOCCOCCOc6ccc(C(=O)Oc7ccc(C(=O)Oc8cccc(OC(=O)c9ccc(C(=O)Oc%10ccc(OCCCCCCCCCCCC)c(Cl)c%10)cc9)c8)cc7)cc6)cc5)cc4)c3)cc2)cc1Cl. The minimum atomic E-state index is -0.720. The molecular formula is C100H104Cl2O23. The summed E-state index contributed by atoms with van der Waals surface area (Å²) in [5.41, 5.74) is 1.53. The Hall–Kier alpha value is -12.4. The fourth-order valence-electron chi connectivity index (χ4n) is 12.6. The van der Waals surface area contributed by atoms with E-state index in [2.05, 4.69) is 13.8 Å². The smallest absolute Gasteiger partial charge is 0.343 e. The van der Waals surface area contributed by atoms with Gasteiger partial charge in [0.25, 0.3) is 0 Å². The highest BCUT2D eigenvalue weighted by atomic mass is 35.5. The number of carbonyl (C=O) groups excluding carboxylic acids is 8. The maximum absolute atomic E-state index is 13.1. The fourth-order valence-corrected chi connectivity index (χ4v) is 13.0. The highest BCUT2D eigenvalue weighted by Crippen LogP contribution is 2.33. The van der Waals surface area contributed by atoms with Crippen LogP contribution in [0, 0.1) is 0 Å². The van der Waals surface area contributed by atoms with Crippen molar-refractivity contribution >= 4 is 71.0 Å². The second-order valence-corrected chi connectivity index (χ2v) is 29.9. The van der Waals surface area contributed by atoms with Crippen molar-refractivity contribution in [3.8, 4) is 69.0 Å². The quantitative estimate of drug-likeness (QED) is 0.0195. The van der Waals surface area contributed by atoms with Crippen LogP contribution in [0.15, 0.2) is 231 Å². The van der Waals surface area contributed by atoms with Gasteiger partial charge >= 0.3 is 47.8 Å². The van der Waals surface area contributed by atoms with E-state index in [1.807, 2.05) is 0 Å². The van der Waals surface area contributed by atoms with Gasteiger partial charge in [-0.2, -0.15) is 0 Å². The second-order valence-electron chi connectivity index (χ2n) is 29.1. The molecule has 656 valence electrons. The predicted octanol–water partition coefficient (Wildman–Crippen LogP) is 22.9. The molecule has 23 nitrogen and oxygen atoms in total. The summed E-state index contributed by atoms with van der Waals surface area (Å²) in [6, 6.07) is 57.4. The average molecular weight is 1740 g/mol. The Morgan fingerprint density at radius 1 is 0.200 bits per heavy atom. The number of carbonyl (C=O) groups is 8. The average Bonchev–Trinajstić information content (AvgIpc) is 0.855. The molecule has 25 heteroatoms. The Balaban J connectivity index is 0.523. The summed E-state index contributed by atoms with van der Waals surface area (Å²) in [5.74, 6) is -2.16. The third kappa shape index (κ3) is 33.7. The van der Waals surface area contributed by atoms with Gasteiger partial charge in [-0.15, -0.1) is 0 Å². The third-order valence-corrected chi connectivity index (χ3v) is 20.0. The molecule has 0 unspecified atom stereocenters. The molecule has 0 N–H and O–H groups in total. The lowest BCUT2D eigenvalue weighted by Gasteiger charge is -2.10. The zero-order valence-corrected chi connectivity index (χ0v) is 71.8. The van der Waals surface area contributed by atoms with Crippen molar-refractivity contribution in [1.82, 2.24) is 0 Å². The van der Waals surface area contributed by atoms with E-state index < -0.39 is 47.8 Å². The van der Waals surface area contributed by atoms with Crippen LogP contribution in [0.25, 0.3) is 0 Å². The largest absolute Gasteiger partial charge is 0.492 e. The number of unbranched alkanes of at least 4 members (excludes halogenated alkanes) is 18. The lowest BCUT2D eigenvalue weighted by Crippen LogP contribution is -2.14. The van der Waals surface area contributed by atoms with E-state index in [1.165, 1.54) is 248 Å². The minimum Gasteiger partial charge on any atom is -0.492 e. The number of hydrogen-bond donors (Lipinski definition) is 0. The highest BCUT2D eigenvalue weighted by molar-refractivity contribution is 6.32. The normalized spacial score (nSPS) is 10.9. The summed E-state index contributed by atoms with van der Waals surface area (Å²) >= 11 is 12.9. The van der Waals surface area contributed by atoms with Gasteiger partial charge in [-0.3, -0.25) is 0 Å². The first-order valence-corrected chi connectivity index (χ1v) is 43.2. The Morgan fingerprint density at radius 2 is 0.400 bits per heavy atom. The van der Waals surface area contributed by atoms with E-state index in [4.69, 9.17) is 94.3 Å². The molecule has 125 heavy (non-hydrogen) atoms. The zero-order valence-electron chi connectivity index (χ0n) is 70.3. The maximum Gasteiger partial charge on any atom is 0.343 e. The molecule has 0 heterocycles. The molecule has 0 aliphatic heterocycles. The predicted molar refractivity (Wildman–Crippen MR) is 472 cm³/mol. The van der Waals surface area contributed by atoms with E-state index in [0.29, 0.717) is 72.7 Å². The van der Waals surface area contributed by atoms with Crippen molar-refractivity contribution < 1.29 is 109 Å². The number of esters is 8. The third-order valence-electron chi connectivity index (χ3n) is 19.4.